The molecule has 0 aliphatic carbocycles. The molecule has 0 spiro atoms. The van der Waals surface area contributed by atoms with Crippen LogP contribution in [0.3, 0.4) is 0 Å². The van der Waals surface area contributed by atoms with Crippen LogP contribution < -0.4 is 4.74 Å². The van der Waals surface area contributed by atoms with E-state index >= 15 is 0 Å². The number of allylic oxidation sites excluding steroid dienone is 1. The number of hydrogen-bond acceptors (Lipinski definition) is 2. The number of ether oxygens (including phenoxy) is 1. The Morgan fingerprint density at radius 2 is 1.56 bits per heavy atom. The molecule has 0 aromatic heterocycles. The maximum absolute atomic E-state index is 11.0. The number of carboxylic acid groups (broad SMARTS) is 1. The topological polar surface area (TPSA) is 46.5 Å². The van der Waals surface area contributed by atoms with E-state index in [4.69, 9.17) is 9.84 Å². The molecule has 3 aromatic carbocycles. The highest BCUT2D eigenvalue weighted by Gasteiger charge is 2.06. The van der Waals surface area contributed by atoms with Gasteiger partial charge in [0.1, 0.15) is 12.4 Å². The zero-order valence-electron chi connectivity index (χ0n) is 15.0. The first-order chi connectivity index (χ1) is 13.2. The number of carbonyl (C=O) groups is 1. The average molecular weight is 358 g/mol. The third-order valence-electron chi connectivity index (χ3n) is 4.20. The van der Waals surface area contributed by atoms with Gasteiger partial charge in [-0.05, 0) is 40.8 Å². The van der Waals surface area contributed by atoms with Crippen molar-refractivity contribution in [3.05, 3.63) is 102 Å². The molecular weight excluding hydrogens is 336 g/mol. The molecule has 0 atom stereocenters. The molecular formula is C24H22O3. The molecule has 0 saturated carbocycles. The Labute approximate surface area is 159 Å². The fraction of sp³-hybridized carbons (Fsp3) is 0.125. The number of hydrogen-bond donors (Lipinski definition) is 1. The Morgan fingerprint density at radius 1 is 0.852 bits per heavy atom. The van der Waals surface area contributed by atoms with Crippen LogP contribution in [-0.2, 0) is 11.4 Å². The van der Waals surface area contributed by atoms with E-state index in [0.717, 1.165) is 28.0 Å². The van der Waals surface area contributed by atoms with E-state index < -0.39 is 5.97 Å². The van der Waals surface area contributed by atoms with E-state index in [1.807, 2.05) is 91.0 Å². The minimum atomic E-state index is -0.795. The van der Waals surface area contributed by atoms with Crippen molar-refractivity contribution in [2.45, 2.75) is 19.4 Å². The van der Waals surface area contributed by atoms with Crippen LogP contribution in [0.4, 0.5) is 0 Å². The second-order valence-corrected chi connectivity index (χ2v) is 6.28. The third-order valence-corrected chi connectivity index (χ3v) is 4.20. The monoisotopic (exact) mass is 358 g/mol. The minimum Gasteiger partial charge on any atom is -0.489 e. The second kappa shape index (κ2) is 9.39. The van der Waals surface area contributed by atoms with Gasteiger partial charge >= 0.3 is 5.97 Å². The first-order valence-electron chi connectivity index (χ1n) is 8.95. The SMILES string of the molecule is O=C(O)CC/C(=C/c1cccc(OCc2ccccc2)c1)c1ccccc1. The van der Waals surface area contributed by atoms with Gasteiger partial charge in [-0.15, -0.1) is 0 Å². The van der Waals surface area contributed by atoms with Crippen molar-refractivity contribution in [2.24, 2.45) is 0 Å². The van der Waals surface area contributed by atoms with Crippen LogP contribution in [0.2, 0.25) is 0 Å². The van der Waals surface area contributed by atoms with E-state index in [2.05, 4.69) is 0 Å². The highest BCUT2D eigenvalue weighted by molar-refractivity contribution is 5.83. The summed E-state index contributed by atoms with van der Waals surface area (Å²) in [4.78, 5) is 11.0. The molecule has 136 valence electrons. The maximum atomic E-state index is 11.0. The van der Waals surface area contributed by atoms with Crippen LogP contribution in [0, 0.1) is 0 Å². The normalized spacial score (nSPS) is 11.2. The summed E-state index contributed by atoms with van der Waals surface area (Å²) in [6.45, 7) is 0.512. The quantitative estimate of drug-likeness (QED) is 0.528. The van der Waals surface area contributed by atoms with Crippen LogP contribution >= 0.6 is 0 Å². The smallest absolute Gasteiger partial charge is 0.303 e. The van der Waals surface area contributed by atoms with Crippen molar-refractivity contribution in [3.63, 3.8) is 0 Å². The van der Waals surface area contributed by atoms with Gasteiger partial charge in [0.2, 0.25) is 0 Å². The third kappa shape index (κ3) is 5.86. The molecule has 3 heteroatoms. The predicted octanol–water partition coefficient (Wildman–Crippen LogP) is 5.67. The van der Waals surface area contributed by atoms with Crippen molar-refractivity contribution in [1.82, 2.24) is 0 Å². The van der Waals surface area contributed by atoms with Gasteiger partial charge in [0.25, 0.3) is 0 Å². The number of benzene rings is 3. The lowest BCUT2D eigenvalue weighted by Gasteiger charge is -2.09. The van der Waals surface area contributed by atoms with E-state index in [-0.39, 0.29) is 6.42 Å². The molecule has 0 aliphatic heterocycles. The summed E-state index contributed by atoms with van der Waals surface area (Å²) in [6, 6.07) is 27.8. The largest absolute Gasteiger partial charge is 0.489 e. The molecule has 0 fully saturated rings. The van der Waals surface area contributed by atoms with Crippen LogP contribution in [0.5, 0.6) is 5.75 Å². The Bertz CT molecular complexity index is 899. The number of carboxylic acids is 1. The van der Waals surface area contributed by atoms with Crippen LogP contribution in [0.1, 0.15) is 29.5 Å². The molecule has 3 nitrogen and oxygen atoms in total. The van der Waals surface area contributed by atoms with Gasteiger partial charge in [-0.25, -0.2) is 0 Å². The molecule has 3 rings (SSSR count). The number of aliphatic carboxylic acids is 1. The average Bonchev–Trinajstić information content (AvgIpc) is 2.71. The maximum Gasteiger partial charge on any atom is 0.303 e. The Hall–Kier alpha value is -3.33. The molecule has 0 unspecified atom stereocenters. The predicted molar refractivity (Wildman–Crippen MR) is 108 cm³/mol. The number of rotatable bonds is 8. The summed E-state index contributed by atoms with van der Waals surface area (Å²) < 4.78 is 5.89. The van der Waals surface area contributed by atoms with Gasteiger partial charge in [-0.1, -0.05) is 78.9 Å². The molecule has 0 aliphatic rings. The van der Waals surface area contributed by atoms with Crippen LogP contribution in [-0.4, -0.2) is 11.1 Å². The molecule has 0 bridgehead atoms. The fourth-order valence-corrected chi connectivity index (χ4v) is 2.83. The van der Waals surface area contributed by atoms with Crippen molar-refractivity contribution in [3.8, 4) is 5.75 Å². The minimum absolute atomic E-state index is 0.102. The fourth-order valence-electron chi connectivity index (χ4n) is 2.83. The lowest BCUT2D eigenvalue weighted by Crippen LogP contribution is -1.96. The van der Waals surface area contributed by atoms with E-state index in [0.29, 0.717) is 13.0 Å². The molecule has 3 aromatic rings. The first kappa shape index (κ1) is 18.5. The summed E-state index contributed by atoms with van der Waals surface area (Å²) in [5, 5.41) is 9.05. The van der Waals surface area contributed by atoms with Crippen molar-refractivity contribution >= 4 is 17.6 Å². The van der Waals surface area contributed by atoms with Crippen molar-refractivity contribution < 1.29 is 14.6 Å². The van der Waals surface area contributed by atoms with E-state index in [9.17, 15) is 4.79 Å². The lowest BCUT2D eigenvalue weighted by molar-refractivity contribution is -0.136. The lowest BCUT2D eigenvalue weighted by atomic mass is 9.98. The summed E-state index contributed by atoms with van der Waals surface area (Å²) in [5.74, 6) is -0.00461. The summed E-state index contributed by atoms with van der Waals surface area (Å²) in [6.07, 6.45) is 2.62. The highest BCUT2D eigenvalue weighted by atomic mass is 16.5. The Morgan fingerprint density at radius 3 is 2.26 bits per heavy atom. The van der Waals surface area contributed by atoms with E-state index in [1.54, 1.807) is 0 Å². The zero-order chi connectivity index (χ0) is 18.9. The molecule has 1 N–H and O–H groups in total. The van der Waals surface area contributed by atoms with Crippen molar-refractivity contribution in [1.29, 1.82) is 0 Å². The summed E-state index contributed by atoms with van der Waals surface area (Å²) in [7, 11) is 0. The van der Waals surface area contributed by atoms with Gasteiger partial charge in [-0.2, -0.15) is 0 Å². The van der Waals surface area contributed by atoms with Crippen LogP contribution in [0.25, 0.3) is 11.6 Å². The van der Waals surface area contributed by atoms with Gasteiger partial charge in [0.05, 0.1) is 0 Å². The van der Waals surface area contributed by atoms with Crippen LogP contribution in [0.15, 0.2) is 84.9 Å². The first-order valence-corrected chi connectivity index (χ1v) is 8.95. The van der Waals surface area contributed by atoms with Gasteiger partial charge < -0.3 is 9.84 Å². The standard InChI is InChI=1S/C24H22O3/c25-24(26)15-14-22(21-11-5-2-6-12-21)16-20-10-7-13-23(17-20)27-18-19-8-3-1-4-9-19/h1-13,16-17H,14-15,18H2,(H,25,26)/b22-16-. The van der Waals surface area contributed by atoms with Gasteiger partial charge in [0.15, 0.2) is 0 Å². The zero-order valence-corrected chi connectivity index (χ0v) is 15.0. The summed E-state index contributed by atoms with van der Waals surface area (Å²) in [5.41, 5.74) is 4.14. The highest BCUT2D eigenvalue weighted by Crippen LogP contribution is 2.25. The Balaban J connectivity index is 1.79. The second-order valence-electron chi connectivity index (χ2n) is 6.28. The summed E-state index contributed by atoms with van der Waals surface area (Å²) >= 11 is 0. The Kier molecular flexibility index (Phi) is 6.42. The van der Waals surface area contributed by atoms with E-state index in [1.165, 1.54) is 0 Å². The van der Waals surface area contributed by atoms with Gasteiger partial charge in [0, 0.05) is 6.42 Å². The molecule has 0 heterocycles. The molecule has 0 amide bonds. The molecule has 27 heavy (non-hydrogen) atoms. The van der Waals surface area contributed by atoms with Gasteiger partial charge in [-0.3, -0.25) is 4.79 Å². The van der Waals surface area contributed by atoms with Crippen molar-refractivity contribution in [2.75, 3.05) is 0 Å². The molecule has 0 radical (unpaired) electrons. The molecule has 0 saturated heterocycles.